The molecular weight excluding hydrogens is 468 g/mol. The number of hydrogen-bond acceptors (Lipinski definition) is 11. The molecule has 6 atom stereocenters. The molecule has 0 bridgehead atoms. The molecule has 12 heteroatoms. The van der Waals surface area contributed by atoms with Gasteiger partial charge in [0.2, 0.25) is 0 Å². The molecule has 194 valence electrons. The number of aliphatic hydroxyl groups is 1. The molecule has 0 aromatic rings. The van der Waals surface area contributed by atoms with Gasteiger partial charge in [-0.05, 0) is 6.92 Å². The molecule has 5 aliphatic heterocycles. The van der Waals surface area contributed by atoms with Crippen LogP contribution in [0.15, 0.2) is 20.6 Å². The molecule has 0 spiro atoms. The van der Waals surface area contributed by atoms with Crippen LogP contribution in [-0.2, 0) is 9.53 Å². The fourth-order valence-corrected chi connectivity index (χ4v) is 6.95. The number of nitrogens with two attached hydrogens (primary N) is 1. The van der Waals surface area contributed by atoms with Crippen molar-refractivity contribution >= 4 is 29.7 Å². The van der Waals surface area contributed by atoms with E-state index in [0.29, 0.717) is 24.3 Å². The number of nitrogens with zero attached hydrogens (tertiary/aromatic N) is 5. The maximum atomic E-state index is 12.1. The summed E-state index contributed by atoms with van der Waals surface area (Å²) < 4.78 is 5.62. The summed E-state index contributed by atoms with van der Waals surface area (Å²) in [5.41, 5.74) is 7.17. The lowest BCUT2D eigenvalue weighted by molar-refractivity contribution is -0.141. The predicted molar refractivity (Wildman–Crippen MR) is 137 cm³/mol. The van der Waals surface area contributed by atoms with Crippen molar-refractivity contribution in [2.45, 2.75) is 37.7 Å². The van der Waals surface area contributed by atoms with Crippen LogP contribution in [-0.4, -0.2) is 127 Å². The van der Waals surface area contributed by atoms with Gasteiger partial charge in [-0.3, -0.25) is 30.6 Å². The highest BCUT2D eigenvalue weighted by Gasteiger charge is 2.43. The molecule has 0 aliphatic carbocycles. The van der Waals surface area contributed by atoms with Crippen LogP contribution in [0.5, 0.6) is 0 Å². The van der Waals surface area contributed by atoms with E-state index in [1.807, 2.05) is 18.0 Å². The normalized spacial score (nSPS) is 35.5. The first kappa shape index (κ1) is 25.1. The fraction of sp³-hybridized carbons (Fsp3) is 0.783. The topological polar surface area (TPSA) is 131 Å². The third-order valence-electron chi connectivity index (χ3n) is 7.51. The molecule has 2 fully saturated rings. The molecule has 0 aromatic carbocycles. The van der Waals surface area contributed by atoms with Crippen molar-refractivity contribution in [2.75, 3.05) is 65.6 Å². The van der Waals surface area contributed by atoms with E-state index in [1.165, 1.54) is 10.6 Å². The molecule has 5 heterocycles. The Kier molecular flexibility index (Phi) is 7.78. The number of carbonyl (C=O) groups excluding carboxylic acids is 1. The lowest BCUT2D eigenvalue weighted by Gasteiger charge is -2.37. The molecule has 5 N–H and O–H groups in total. The number of amides is 1. The molecule has 2 saturated heterocycles. The average Bonchev–Trinajstić information content (AvgIpc) is 3.19. The molecular formula is C23H38N8O3S. The van der Waals surface area contributed by atoms with Crippen LogP contribution < -0.4 is 16.4 Å². The SMILES string of the molecule is CC1C2=C(SC1CN1CCN(C(=O)[C@@H](C)O)CC1)C(N1CCOCC1)N=C(C1C=NC(N)NC1)N2. The van der Waals surface area contributed by atoms with Gasteiger partial charge in [0, 0.05) is 80.3 Å². The Morgan fingerprint density at radius 2 is 2.03 bits per heavy atom. The predicted octanol–water partition coefficient (Wildman–Crippen LogP) is -1.33. The zero-order valence-corrected chi connectivity index (χ0v) is 21.4. The Balaban J connectivity index is 1.27. The highest BCUT2D eigenvalue weighted by Crippen LogP contribution is 2.46. The quantitative estimate of drug-likeness (QED) is 0.358. The van der Waals surface area contributed by atoms with Crippen LogP contribution in [0.25, 0.3) is 0 Å². The summed E-state index contributed by atoms with van der Waals surface area (Å²) in [6.45, 7) is 11.7. The highest BCUT2D eigenvalue weighted by atomic mass is 32.2. The third-order valence-corrected chi connectivity index (χ3v) is 9.06. The van der Waals surface area contributed by atoms with Crippen molar-refractivity contribution < 1.29 is 14.6 Å². The van der Waals surface area contributed by atoms with Crippen LogP contribution in [0.1, 0.15) is 13.8 Å². The largest absolute Gasteiger partial charge is 0.384 e. The Morgan fingerprint density at radius 3 is 2.69 bits per heavy atom. The second-order valence-corrected chi connectivity index (χ2v) is 11.2. The zero-order valence-electron chi connectivity index (χ0n) is 20.6. The van der Waals surface area contributed by atoms with Gasteiger partial charge in [-0.25, -0.2) is 4.99 Å². The van der Waals surface area contributed by atoms with Gasteiger partial charge >= 0.3 is 0 Å². The monoisotopic (exact) mass is 506 g/mol. The van der Waals surface area contributed by atoms with E-state index in [0.717, 1.165) is 58.3 Å². The van der Waals surface area contributed by atoms with Crippen molar-refractivity contribution in [1.82, 2.24) is 25.3 Å². The van der Waals surface area contributed by atoms with Gasteiger partial charge in [-0.2, -0.15) is 0 Å². The first-order valence-electron chi connectivity index (χ1n) is 12.7. The molecule has 0 radical (unpaired) electrons. The second-order valence-electron chi connectivity index (χ2n) is 9.94. The van der Waals surface area contributed by atoms with Gasteiger partial charge in [0.05, 0.1) is 19.1 Å². The summed E-state index contributed by atoms with van der Waals surface area (Å²) in [6.07, 6.45) is 0.655. The van der Waals surface area contributed by atoms with Gasteiger partial charge in [-0.1, -0.05) is 6.92 Å². The minimum atomic E-state index is -0.930. The van der Waals surface area contributed by atoms with Crippen molar-refractivity contribution in [3.05, 3.63) is 10.6 Å². The van der Waals surface area contributed by atoms with E-state index in [-0.39, 0.29) is 24.3 Å². The summed E-state index contributed by atoms with van der Waals surface area (Å²) in [7, 11) is 0. The lowest BCUT2D eigenvalue weighted by Crippen LogP contribution is -2.52. The van der Waals surface area contributed by atoms with E-state index in [2.05, 4.69) is 32.3 Å². The molecule has 0 aromatic heterocycles. The first-order valence-corrected chi connectivity index (χ1v) is 13.6. The molecule has 11 nitrogen and oxygen atoms in total. The summed E-state index contributed by atoms with van der Waals surface area (Å²) in [5.74, 6) is 1.22. The number of amidine groups is 1. The van der Waals surface area contributed by atoms with Crippen LogP contribution >= 0.6 is 11.8 Å². The van der Waals surface area contributed by atoms with E-state index < -0.39 is 6.10 Å². The number of hydrogen-bond donors (Lipinski definition) is 4. The van der Waals surface area contributed by atoms with Gasteiger partial charge in [-0.15, -0.1) is 11.8 Å². The Bertz CT molecular complexity index is 882. The minimum absolute atomic E-state index is 0.00658. The standard InChI is InChI=1S/C23H38N8O3S/c1-14-17(13-29-3-5-31(6-4-29)22(33)15(2)32)35-19-18(14)27-20(16-11-25-23(24)26-12-16)28-21(19)30-7-9-34-10-8-30/h11,14-17,21,23,26,32H,3-10,12-13,24H2,1-2H3,(H,27,28)/t14?,15-,16?,17?,21?,23?/m1/s1. The van der Waals surface area contributed by atoms with E-state index in [9.17, 15) is 9.90 Å². The first-order chi connectivity index (χ1) is 16.9. The van der Waals surface area contributed by atoms with E-state index >= 15 is 0 Å². The smallest absolute Gasteiger partial charge is 0.251 e. The number of thioether (sulfide) groups is 1. The number of nitrogens with one attached hydrogen (secondary N) is 2. The highest BCUT2D eigenvalue weighted by molar-refractivity contribution is 8.04. The molecule has 5 rings (SSSR count). The number of rotatable bonds is 5. The van der Waals surface area contributed by atoms with Gasteiger partial charge in [0.15, 0.2) is 6.29 Å². The summed E-state index contributed by atoms with van der Waals surface area (Å²) in [5, 5.41) is 17.0. The van der Waals surface area contributed by atoms with Gasteiger partial charge in [0.25, 0.3) is 5.91 Å². The van der Waals surface area contributed by atoms with Crippen LogP contribution in [0.3, 0.4) is 0 Å². The van der Waals surface area contributed by atoms with E-state index in [1.54, 1.807) is 11.8 Å². The van der Waals surface area contributed by atoms with Crippen molar-refractivity contribution in [2.24, 2.45) is 27.6 Å². The van der Waals surface area contributed by atoms with Gasteiger partial charge < -0.3 is 20.1 Å². The molecule has 1 amide bonds. The number of morpholine rings is 1. The number of carbonyl (C=O) groups is 1. The summed E-state index contributed by atoms with van der Waals surface area (Å²) in [6, 6.07) is 0. The van der Waals surface area contributed by atoms with Gasteiger partial charge in [0.1, 0.15) is 18.1 Å². The Morgan fingerprint density at radius 1 is 1.29 bits per heavy atom. The summed E-state index contributed by atoms with van der Waals surface area (Å²) >= 11 is 1.96. The Hall–Kier alpha value is -1.54. The maximum absolute atomic E-state index is 12.1. The van der Waals surface area contributed by atoms with Crippen LogP contribution in [0.4, 0.5) is 0 Å². The molecule has 5 unspecified atom stereocenters. The second kappa shape index (κ2) is 10.8. The maximum Gasteiger partial charge on any atom is 0.251 e. The lowest BCUT2D eigenvalue weighted by atomic mass is 9.98. The average molecular weight is 507 g/mol. The number of piperazine rings is 1. The third kappa shape index (κ3) is 5.43. The zero-order chi connectivity index (χ0) is 24.5. The van der Waals surface area contributed by atoms with Crippen LogP contribution in [0.2, 0.25) is 0 Å². The summed E-state index contributed by atoms with van der Waals surface area (Å²) in [4.78, 5) is 29.7. The van der Waals surface area contributed by atoms with E-state index in [4.69, 9.17) is 15.5 Å². The number of ether oxygens (including phenoxy) is 1. The van der Waals surface area contributed by atoms with Crippen molar-refractivity contribution in [3.63, 3.8) is 0 Å². The minimum Gasteiger partial charge on any atom is -0.384 e. The fourth-order valence-electron chi connectivity index (χ4n) is 5.31. The molecule has 5 aliphatic rings. The van der Waals surface area contributed by atoms with Crippen molar-refractivity contribution in [3.8, 4) is 0 Å². The molecule has 0 saturated carbocycles. The van der Waals surface area contributed by atoms with Crippen LogP contribution in [0, 0.1) is 11.8 Å². The number of aliphatic imine (C=N–C) groups is 2. The number of allylic oxidation sites excluding steroid dienone is 1. The Labute approximate surface area is 211 Å². The number of aliphatic hydroxyl groups excluding tert-OH is 1. The van der Waals surface area contributed by atoms with Crippen molar-refractivity contribution in [1.29, 1.82) is 0 Å². The molecule has 35 heavy (non-hydrogen) atoms.